The lowest BCUT2D eigenvalue weighted by Gasteiger charge is -2.14. The molecular weight excluding hydrogens is 498 g/mol. The Hall–Kier alpha value is -2.85. The number of rotatable bonds is 13. The van der Waals surface area contributed by atoms with Gasteiger partial charge in [-0.05, 0) is 20.8 Å². The first-order valence-electron chi connectivity index (χ1n) is 11.8. The zero-order valence-corrected chi connectivity index (χ0v) is 20.8. The molecule has 204 valence electrons. The molecule has 5 atom stereocenters. The Morgan fingerprint density at radius 3 is 1.59 bits per heavy atom. The second-order valence-electron chi connectivity index (χ2n) is 10.5. The zero-order chi connectivity index (χ0) is 26.6. The third-order valence-corrected chi connectivity index (χ3v) is 6.40. The van der Waals surface area contributed by atoms with Crippen LogP contribution < -0.4 is 17.1 Å². The van der Waals surface area contributed by atoms with Crippen molar-refractivity contribution in [1.29, 1.82) is 0 Å². The van der Waals surface area contributed by atoms with Crippen molar-refractivity contribution in [2.75, 3.05) is 39.6 Å². The van der Waals surface area contributed by atoms with Crippen LogP contribution in [0.2, 0.25) is 0 Å². The molecule has 5 heterocycles. The molecule has 5 unspecified atom stereocenters. The highest BCUT2D eigenvalue weighted by Gasteiger charge is 2.46. The van der Waals surface area contributed by atoms with Gasteiger partial charge in [-0.25, -0.2) is 28.1 Å². The standard InChI is InChI=1S/C22H29N3O12/c1-20(10-34-20)7-31-14(26)5-24-17(28)23(4-13-16(37-13)33-9-22(3)12-36-22)18(29)25(19(24)30)6-15(27)32-8-21(2)11-35-21/h13,16H,4-12H2,1-3H3. The van der Waals surface area contributed by atoms with Crippen LogP contribution in [-0.2, 0) is 62.4 Å². The number of epoxide rings is 4. The molecule has 4 saturated heterocycles. The third-order valence-electron chi connectivity index (χ3n) is 6.40. The molecule has 4 aliphatic heterocycles. The number of ether oxygens (including phenoxy) is 7. The number of nitrogens with zero attached hydrogens (tertiary/aromatic N) is 3. The van der Waals surface area contributed by atoms with E-state index in [0.717, 1.165) is 4.57 Å². The van der Waals surface area contributed by atoms with Crippen molar-refractivity contribution in [1.82, 2.24) is 13.7 Å². The van der Waals surface area contributed by atoms with E-state index in [1.165, 1.54) is 0 Å². The van der Waals surface area contributed by atoms with Crippen molar-refractivity contribution < 1.29 is 42.7 Å². The topological polar surface area (TPSA) is 178 Å². The zero-order valence-electron chi connectivity index (χ0n) is 20.8. The van der Waals surface area contributed by atoms with Crippen LogP contribution in [0, 0.1) is 0 Å². The van der Waals surface area contributed by atoms with Gasteiger partial charge in [0.1, 0.15) is 49.2 Å². The fraction of sp³-hybridized carbons (Fsp3) is 0.773. The molecule has 0 spiro atoms. The van der Waals surface area contributed by atoms with Crippen molar-refractivity contribution in [2.45, 2.75) is 69.6 Å². The van der Waals surface area contributed by atoms with E-state index in [9.17, 15) is 24.0 Å². The van der Waals surface area contributed by atoms with Crippen molar-refractivity contribution >= 4 is 11.9 Å². The lowest BCUT2D eigenvalue weighted by Crippen LogP contribution is -2.56. The molecule has 4 aliphatic rings. The molecule has 1 aromatic heterocycles. The highest BCUT2D eigenvalue weighted by Crippen LogP contribution is 2.31. The van der Waals surface area contributed by atoms with Gasteiger partial charge < -0.3 is 33.2 Å². The normalized spacial score (nSPS) is 33.1. The molecule has 15 nitrogen and oxygen atoms in total. The molecule has 37 heavy (non-hydrogen) atoms. The summed E-state index contributed by atoms with van der Waals surface area (Å²) in [4.78, 5) is 64.0. The molecule has 1 aromatic rings. The molecule has 4 fully saturated rings. The van der Waals surface area contributed by atoms with Gasteiger partial charge >= 0.3 is 29.0 Å². The number of esters is 2. The maximum atomic E-state index is 13.1. The minimum Gasteiger partial charge on any atom is -0.461 e. The van der Waals surface area contributed by atoms with Crippen LogP contribution in [-0.4, -0.2) is 94.5 Å². The van der Waals surface area contributed by atoms with Crippen molar-refractivity contribution in [3.05, 3.63) is 31.5 Å². The van der Waals surface area contributed by atoms with E-state index in [-0.39, 0.29) is 32.0 Å². The summed E-state index contributed by atoms with van der Waals surface area (Å²) >= 11 is 0. The molecule has 0 aromatic carbocycles. The molecule has 0 saturated carbocycles. The fourth-order valence-electron chi connectivity index (χ4n) is 3.39. The van der Waals surface area contributed by atoms with Gasteiger partial charge in [0, 0.05) is 0 Å². The summed E-state index contributed by atoms with van der Waals surface area (Å²) in [6.45, 7) is 5.10. The SMILES string of the molecule is CC1(COC(=O)Cn2c(=O)n(CC(=O)OCC3(C)CO3)c(=O)n(CC3OC3OCC3(C)CO3)c2=O)CO1. The summed E-state index contributed by atoms with van der Waals surface area (Å²) < 4.78 is 38.6. The maximum Gasteiger partial charge on any atom is 0.337 e. The van der Waals surface area contributed by atoms with Gasteiger partial charge in [0.05, 0.1) is 33.0 Å². The highest BCUT2D eigenvalue weighted by atomic mass is 16.8. The van der Waals surface area contributed by atoms with Crippen molar-refractivity contribution in [3.63, 3.8) is 0 Å². The van der Waals surface area contributed by atoms with Gasteiger partial charge in [0.2, 0.25) is 0 Å². The molecule has 5 rings (SSSR count). The monoisotopic (exact) mass is 527 g/mol. The Labute approximate surface area is 209 Å². The molecule has 15 heteroatoms. The van der Waals surface area contributed by atoms with Crippen LogP contribution in [0.3, 0.4) is 0 Å². The van der Waals surface area contributed by atoms with E-state index in [1.54, 1.807) is 13.8 Å². The maximum absolute atomic E-state index is 13.1. The smallest absolute Gasteiger partial charge is 0.337 e. The van der Waals surface area contributed by atoms with Crippen LogP contribution in [0.25, 0.3) is 0 Å². The van der Waals surface area contributed by atoms with Crippen molar-refractivity contribution in [3.8, 4) is 0 Å². The Balaban J connectivity index is 1.34. The molecular formula is C22H29N3O12. The second-order valence-corrected chi connectivity index (χ2v) is 10.5. The quantitative estimate of drug-likeness (QED) is 0.193. The largest absolute Gasteiger partial charge is 0.461 e. The summed E-state index contributed by atoms with van der Waals surface area (Å²) in [5.41, 5.74) is -4.80. The second kappa shape index (κ2) is 9.16. The van der Waals surface area contributed by atoms with Gasteiger partial charge in [0.15, 0.2) is 6.29 Å². The van der Waals surface area contributed by atoms with E-state index in [1.807, 2.05) is 6.92 Å². The Kier molecular flexibility index (Phi) is 6.39. The number of aromatic nitrogens is 3. The average Bonchev–Trinajstić information content (AvgIpc) is 3.67. The number of hydrogen-bond acceptors (Lipinski definition) is 12. The predicted molar refractivity (Wildman–Crippen MR) is 119 cm³/mol. The third kappa shape index (κ3) is 6.18. The molecule has 0 N–H and O–H groups in total. The molecule has 0 bridgehead atoms. The molecule has 0 radical (unpaired) electrons. The van der Waals surface area contributed by atoms with Gasteiger partial charge in [-0.15, -0.1) is 0 Å². The Morgan fingerprint density at radius 2 is 1.16 bits per heavy atom. The average molecular weight is 527 g/mol. The number of hydrogen-bond donors (Lipinski definition) is 0. The van der Waals surface area contributed by atoms with Crippen LogP contribution in [0.4, 0.5) is 0 Å². The minimum absolute atomic E-state index is 0.0564. The van der Waals surface area contributed by atoms with E-state index in [2.05, 4.69) is 0 Å². The first-order valence-corrected chi connectivity index (χ1v) is 11.8. The Morgan fingerprint density at radius 1 is 0.757 bits per heavy atom. The first kappa shape index (κ1) is 25.8. The van der Waals surface area contributed by atoms with Crippen LogP contribution in [0.15, 0.2) is 14.4 Å². The van der Waals surface area contributed by atoms with Crippen LogP contribution in [0.1, 0.15) is 20.8 Å². The fourth-order valence-corrected chi connectivity index (χ4v) is 3.39. The first-order chi connectivity index (χ1) is 17.4. The predicted octanol–water partition coefficient (Wildman–Crippen LogP) is -2.63. The summed E-state index contributed by atoms with van der Waals surface area (Å²) in [5, 5.41) is 0. The lowest BCUT2D eigenvalue weighted by atomic mass is 10.2. The van der Waals surface area contributed by atoms with E-state index in [4.69, 9.17) is 33.2 Å². The summed E-state index contributed by atoms with van der Waals surface area (Å²) in [5.74, 6) is -1.76. The van der Waals surface area contributed by atoms with Gasteiger partial charge in [-0.3, -0.25) is 9.59 Å². The van der Waals surface area contributed by atoms with E-state index >= 15 is 0 Å². The van der Waals surface area contributed by atoms with Gasteiger partial charge in [-0.2, -0.15) is 0 Å². The van der Waals surface area contributed by atoms with E-state index < -0.39 is 65.7 Å². The van der Waals surface area contributed by atoms with Crippen LogP contribution >= 0.6 is 0 Å². The molecule has 0 aliphatic carbocycles. The van der Waals surface area contributed by atoms with E-state index in [0.29, 0.717) is 29.0 Å². The minimum atomic E-state index is -1.15. The summed E-state index contributed by atoms with van der Waals surface area (Å²) in [7, 11) is 0. The summed E-state index contributed by atoms with van der Waals surface area (Å²) in [6.07, 6.45) is -1.32. The lowest BCUT2D eigenvalue weighted by molar-refractivity contribution is -0.146. The van der Waals surface area contributed by atoms with Gasteiger partial charge in [-0.1, -0.05) is 0 Å². The van der Waals surface area contributed by atoms with Crippen LogP contribution in [0.5, 0.6) is 0 Å². The molecule has 0 amide bonds. The Bertz CT molecular complexity index is 1190. The highest BCUT2D eigenvalue weighted by molar-refractivity contribution is 5.70. The van der Waals surface area contributed by atoms with Crippen molar-refractivity contribution in [2.24, 2.45) is 0 Å². The number of carbonyl (C=O) groups excluding carboxylic acids is 2. The summed E-state index contributed by atoms with van der Waals surface area (Å²) in [6, 6.07) is 0. The van der Waals surface area contributed by atoms with Gasteiger partial charge in [0.25, 0.3) is 0 Å². The number of carbonyl (C=O) groups is 2.